The van der Waals surface area contributed by atoms with Gasteiger partial charge in [-0.25, -0.2) is 8.42 Å². The summed E-state index contributed by atoms with van der Waals surface area (Å²) in [6.45, 7) is 0.0623. The summed E-state index contributed by atoms with van der Waals surface area (Å²) >= 11 is 0. The second-order valence-electron chi connectivity index (χ2n) is 5.57. The van der Waals surface area contributed by atoms with Gasteiger partial charge in [0.1, 0.15) is 12.4 Å². The number of rotatable bonds is 7. The minimum atomic E-state index is -3.07. The number of aromatic hydroxyl groups is 2. The molecule has 26 heavy (non-hydrogen) atoms. The molecule has 138 valence electrons. The smallest absolute Gasteiger partial charge is 0.248 e. The van der Waals surface area contributed by atoms with Crippen LogP contribution in [-0.4, -0.2) is 43.2 Å². The number of nitrogens with one attached hydrogen (secondary N) is 1. The molecule has 0 atom stereocenters. The van der Waals surface area contributed by atoms with Gasteiger partial charge in [-0.3, -0.25) is 4.79 Å². The van der Waals surface area contributed by atoms with Crippen molar-refractivity contribution >= 4 is 27.5 Å². The monoisotopic (exact) mass is 377 g/mol. The Morgan fingerprint density at radius 3 is 2.42 bits per heavy atom. The third kappa shape index (κ3) is 6.48. The van der Waals surface area contributed by atoms with Crippen LogP contribution < -0.4 is 10.1 Å². The van der Waals surface area contributed by atoms with Crippen LogP contribution in [0, 0.1) is 0 Å². The van der Waals surface area contributed by atoms with Crippen molar-refractivity contribution in [3.63, 3.8) is 0 Å². The number of carbonyl (C=O) groups is 1. The maximum absolute atomic E-state index is 11.9. The molecule has 0 spiro atoms. The molecule has 8 heteroatoms. The summed E-state index contributed by atoms with van der Waals surface area (Å²) in [7, 11) is -3.07. The lowest BCUT2D eigenvalue weighted by molar-refractivity contribution is -0.111. The molecule has 0 aliphatic rings. The van der Waals surface area contributed by atoms with Crippen LogP contribution in [0.25, 0.3) is 6.08 Å². The molecule has 0 aliphatic heterocycles. The van der Waals surface area contributed by atoms with Gasteiger partial charge in [0.05, 0.1) is 5.75 Å². The Morgan fingerprint density at radius 1 is 1.12 bits per heavy atom. The molecule has 0 aliphatic carbocycles. The predicted octanol–water partition coefficient (Wildman–Crippen LogP) is 2.17. The van der Waals surface area contributed by atoms with Gasteiger partial charge >= 0.3 is 0 Å². The summed E-state index contributed by atoms with van der Waals surface area (Å²) in [5.41, 5.74) is 1.11. The van der Waals surface area contributed by atoms with Crippen LogP contribution in [-0.2, 0) is 14.6 Å². The van der Waals surface area contributed by atoms with Crippen LogP contribution in [0.3, 0.4) is 0 Å². The first-order chi connectivity index (χ1) is 12.2. The number of benzene rings is 2. The molecule has 7 nitrogen and oxygen atoms in total. The highest BCUT2D eigenvalue weighted by Gasteiger charge is 2.04. The minimum absolute atomic E-state index is 0.0623. The number of anilines is 1. The molecule has 0 saturated heterocycles. The number of amides is 1. The molecule has 0 aromatic heterocycles. The van der Waals surface area contributed by atoms with Crippen molar-refractivity contribution in [1.29, 1.82) is 0 Å². The Balaban J connectivity index is 1.88. The summed E-state index contributed by atoms with van der Waals surface area (Å²) < 4.78 is 27.4. The van der Waals surface area contributed by atoms with E-state index < -0.39 is 9.84 Å². The third-order valence-corrected chi connectivity index (χ3v) is 4.18. The molecule has 3 N–H and O–H groups in total. The zero-order valence-corrected chi connectivity index (χ0v) is 14.9. The lowest BCUT2D eigenvalue weighted by Gasteiger charge is -2.07. The maximum atomic E-state index is 11.9. The topological polar surface area (TPSA) is 113 Å². The zero-order chi connectivity index (χ0) is 19.2. The largest absolute Gasteiger partial charge is 0.504 e. The van der Waals surface area contributed by atoms with Crippen LogP contribution >= 0.6 is 0 Å². The van der Waals surface area contributed by atoms with Crippen LogP contribution in [0.15, 0.2) is 48.5 Å². The third-order valence-electron chi connectivity index (χ3n) is 3.27. The quantitative estimate of drug-likeness (QED) is 0.503. The Hall–Kier alpha value is -3.00. The number of hydrogen-bond acceptors (Lipinski definition) is 6. The number of carbonyl (C=O) groups excluding carboxylic acids is 1. The van der Waals surface area contributed by atoms with Crippen LogP contribution in [0.1, 0.15) is 5.56 Å². The molecule has 0 bridgehead atoms. The standard InChI is InChI=1S/C18H19NO6S/c1-26(23,24)11-10-25-15-6-4-14(5-7-15)19-18(22)9-3-13-2-8-16(20)17(21)12-13/h2-9,12,20-21H,10-11H2,1H3,(H,19,22)/b9-3+. The van der Waals surface area contributed by atoms with Crippen molar-refractivity contribution in [3.05, 3.63) is 54.1 Å². The lowest BCUT2D eigenvalue weighted by Crippen LogP contribution is -2.12. The van der Waals surface area contributed by atoms with Gasteiger partial charge < -0.3 is 20.3 Å². The van der Waals surface area contributed by atoms with E-state index in [-0.39, 0.29) is 29.8 Å². The van der Waals surface area contributed by atoms with E-state index in [1.807, 2.05) is 0 Å². The SMILES string of the molecule is CS(=O)(=O)CCOc1ccc(NC(=O)/C=C/c2ccc(O)c(O)c2)cc1. The van der Waals surface area contributed by atoms with Crippen molar-refractivity contribution in [2.24, 2.45) is 0 Å². The molecule has 0 heterocycles. The number of phenols is 2. The molecule has 0 radical (unpaired) electrons. The molecular formula is C18H19NO6S. The minimum Gasteiger partial charge on any atom is -0.504 e. The summed E-state index contributed by atoms with van der Waals surface area (Å²) in [5.74, 6) is -0.433. The first-order valence-corrected chi connectivity index (χ1v) is 9.70. The van der Waals surface area contributed by atoms with E-state index in [0.717, 1.165) is 6.26 Å². The highest BCUT2D eigenvalue weighted by atomic mass is 32.2. The number of ether oxygens (including phenoxy) is 1. The Morgan fingerprint density at radius 2 is 1.81 bits per heavy atom. The highest BCUT2D eigenvalue weighted by Crippen LogP contribution is 2.25. The van der Waals surface area contributed by atoms with E-state index in [2.05, 4.69) is 5.32 Å². The van der Waals surface area contributed by atoms with Gasteiger partial charge in [0, 0.05) is 18.0 Å². The van der Waals surface area contributed by atoms with Gasteiger partial charge in [0.2, 0.25) is 5.91 Å². The van der Waals surface area contributed by atoms with Crippen molar-refractivity contribution in [1.82, 2.24) is 0 Å². The van der Waals surface area contributed by atoms with Gasteiger partial charge in [-0.15, -0.1) is 0 Å². The van der Waals surface area contributed by atoms with Crippen LogP contribution in [0.4, 0.5) is 5.69 Å². The lowest BCUT2D eigenvalue weighted by atomic mass is 10.2. The normalized spacial score (nSPS) is 11.4. The summed E-state index contributed by atoms with van der Waals surface area (Å²) in [4.78, 5) is 11.9. The van der Waals surface area contributed by atoms with E-state index >= 15 is 0 Å². The number of phenolic OH excluding ortho intramolecular Hbond substituents is 2. The molecule has 0 fully saturated rings. The summed E-state index contributed by atoms with van der Waals surface area (Å²) in [6.07, 6.45) is 3.93. The van der Waals surface area contributed by atoms with Gasteiger partial charge in [-0.1, -0.05) is 6.07 Å². The predicted molar refractivity (Wildman–Crippen MR) is 99.1 cm³/mol. The van der Waals surface area contributed by atoms with Gasteiger partial charge in [-0.2, -0.15) is 0 Å². The first kappa shape index (κ1) is 19.3. The van der Waals surface area contributed by atoms with E-state index in [1.165, 1.54) is 24.3 Å². The van der Waals surface area contributed by atoms with E-state index in [9.17, 15) is 23.4 Å². The van der Waals surface area contributed by atoms with Crippen molar-refractivity contribution in [3.8, 4) is 17.2 Å². The Bertz CT molecular complexity index is 904. The second-order valence-corrected chi connectivity index (χ2v) is 7.83. The maximum Gasteiger partial charge on any atom is 0.248 e. The van der Waals surface area contributed by atoms with E-state index in [4.69, 9.17) is 4.74 Å². The molecule has 2 aromatic carbocycles. The molecule has 2 aromatic rings. The number of hydrogen-bond donors (Lipinski definition) is 3. The zero-order valence-electron chi connectivity index (χ0n) is 14.0. The fraction of sp³-hybridized carbons (Fsp3) is 0.167. The highest BCUT2D eigenvalue weighted by molar-refractivity contribution is 7.90. The van der Waals surface area contributed by atoms with Gasteiger partial charge in [0.25, 0.3) is 0 Å². The second kappa shape index (κ2) is 8.39. The fourth-order valence-corrected chi connectivity index (χ4v) is 2.33. The Kier molecular flexibility index (Phi) is 6.24. The average molecular weight is 377 g/mol. The number of sulfone groups is 1. The molecule has 0 unspecified atom stereocenters. The molecular weight excluding hydrogens is 358 g/mol. The summed E-state index contributed by atoms with van der Waals surface area (Å²) in [5, 5.41) is 21.3. The van der Waals surface area contributed by atoms with Crippen LogP contribution in [0.2, 0.25) is 0 Å². The van der Waals surface area contributed by atoms with Gasteiger partial charge in [0.15, 0.2) is 21.3 Å². The van der Waals surface area contributed by atoms with Crippen molar-refractivity contribution < 1.29 is 28.2 Å². The average Bonchev–Trinajstić information content (AvgIpc) is 2.56. The van der Waals surface area contributed by atoms with Crippen LogP contribution in [0.5, 0.6) is 17.2 Å². The first-order valence-electron chi connectivity index (χ1n) is 7.64. The van der Waals surface area contributed by atoms with Gasteiger partial charge in [-0.05, 0) is 48.0 Å². The van der Waals surface area contributed by atoms with E-state index in [0.29, 0.717) is 17.0 Å². The van der Waals surface area contributed by atoms with Crippen molar-refractivity contribution in [2.45, 2.75) is 0 Å². The fourth-order valence-electron chi connectivity index (χ4n) is 1.95. The molecule has 0 saturated carbocycles. The molecule has 1 amide bonds. The summed E-state index contributed by atoms with van der Waals surface area (Å²) in [6, 6.07) is 10.7. The van der Waals surface area contributed by atoms with E-state index in [1.54, 1.807) is 30.3 Å². The Labute approximate surface area is 151 Å². The molecule has 2 rings (SSSR count). The van der Waals surface area contributed by atoms with Crippen molar-refractivity contribution in [2.75, 3.05) is 23.9 Å².